The van der Waals surface area contributed by atoms with Crippen molar-refractivity contribution in [2.24, 2.45) is 5.73 Å². The predicted molar refractivity (Wildman–Crippen MR) is 78.2 cm³/mol. The van der Waals surface area contributed by atoms with E-state index in [4.69, 9.17) is 18.0 Å². The minimum absolute atomic E-state index is 0.0697. The first-order chi connectivity index (χ1) is 9.08. The van der Waals surface area contributed by atoms with Crippen molar-refractivity contribution in [1.29, 1.82) is 0 Å². The summed E-state index contributed by atoms with van der Waals surface area (Å²) in [4.78, 5) is 14.6. The lowest BCUT2D eigenvalue weighted by molar-refractivity contribution is 0.0714. The number of rotatable bonds is 4. The summed E-state index contributed by atoms with van der Waals surface area (Å²) in [5, 5.41) is 9.27. The van der Waals surface area contributed by atoms with Crippen LogP contribution in [0.5, 0.6) is 5.75 Å². The molecule has 0 heterocycles. The van der Waals surface area contributed by atoms with Crippen LogP contribution in [-0.2, 0) is 0 Å². The largest absolute Gasteiger partial charge is 0.508 e. The molecule has 3 N–H and O–H groups in total. The van der Waals surface area contributed by atoms with Gasteiger partial charge in [0.2, 0.25) is 0 Å². The number of phenolic OH excluding ortho intramolecular Hbond substituents is 1. The lowest BCUT2D eigenvalue weighted by Crippen LogP contribution is -2.43. The molecule has 19 heavy (non-hydrogen) atoms. The van der Waals surface area contributed by atoms with Gasteiger partial charge in [0.15, 0.2) is 0 Å². The highest BCUT2D eigenvalue weighted by atomic mass is 32.1. The summed E-state index contributed by atoms with van der Waals surface area (Å²) in [6.07, 6.45) is 4.29. The van der Waals surface area contributed by atoms with Crippen molar-refractivity contribution in [3.05, 3.63) is 29.8 Å². The average molecular weight is 278 g/mol. The van der Waals surface area contributed by atoms with Gasteiger partial charge in [-0.1, -0.05) is 25.1 Å². The molecule has 1 aliphatic rings. The van der Waals surface area contributed by atoms with Gasteiger partial charge in [0.05, 0.1) is 11.5 Å². The molecule has 0 saturated heterocycles. The van der Waals surface area contributed by atoms with Crippen LogP contribution in [0.1, 0.15) is 36.0 Å². The zero-order chi connectivity index (χ0) is 13.8. The van der Waals surface area contributed by atoms with E-state index in [0.717, 1.165) is 25.7 Å². The first-order valence-electron chi connectivity index (χ1n) is 6.46. The van der Waals surface area contributed by atoms with Crippen LogP contribution >= 0.6 is 12.2 Å². The van der Waals surface area contributed by atoms with Crippen molar-refractivity contribution in [3.63, 3.8) is 0 Å². The fourth-order valence-electron chi connectivity index (χ4n) is 2.52. The molecular weight excluding hydrogens is 260 g/mol. The number of nitrogens with zero attached hydrogens (tertiary/aromatic N) is 1. The number of hydrogen-bond acceptors (Lipinski definition) is 3. The third-order valence-corrected chi connectivity index (χ3v) is 3.60. The summed E-state index contributed by atoms with van der Waals surface area (Å²) in [6.45, 7) is 0.319. The molecule has 0 bridgehead atoms. The Bertz CT molecular complexity index is 467. The number of aromatic hydroxyl groups is 1. The minimum atomic E-state index is -0.0697. The molecule has 1 fully saturated rings. The van der Waals surface area contributed by atoms with Gasteiger partial charge in [-0.05, 0) is 37.1 Å². The lowest BCUT2D eigenvalue weighted by atomic mass is 10.1. The second-order valence-electron chi connectivity index (χ2n) is 4.88. The maximum absolute atomic E-state index is 12.5. The second-order valence-corrected chi connectivity index (χ2v) is 5.41. The Morgan fingerprint density at radius 3 is 2.42 bits per heavy atom. The lowest BCUT2D eigenvalue weighted by Gasteiger charge is -2.28. The van der Waals surface area contributed by atoms with E-state index in [1.54, 1.807) is 17.0 Å². The van der Waals surface area contributed by atoms with Gasteiger partial charge in [0.1, 0.15) is 5.75 Å². The number of carbonyl (C=O) groups excluding carboxylic acids is 1. The van der Waals surface area contributed by atoms with Gasteiger partial charge in [0, 0.05) is 11.6 Å². The molecule has 0 aliphatic heterocycles. The molecule has 0 radical (unpaired) electrons. The number of nitrogens with two attached hydrogens (primary N) is 1. The summed E-state index contributed by atoms with van der Waals surface area (Å²) >= 11 is 4.94. The Morgan fingerprint density at radius 2 is 1.89 bits per heavy atom. The smallest absolute Gasteiger partial charge is 0.254 e. The van der Waals surface area contributed by atoms with Gasteiger partial charge < -0.3 is 15.7 Å². The highest BCUT2D eigenvalue weighted by molar-refractivity contribution is 7.80. The van der Waals surface area contributed by atoms with Crippen molar-refractivity contribution >= 4 is 23.1 Å². The Balaban J connectivity index is 2.18. The zero-order valence-corrected chi connectivity index (χ0v) is 11.5. The van der Waals surface area contributed by atoms with E-state index in [2.05, 4.69) is 0 Å². The Kier molecular flexibility index (Phi) is 4.37. The fraction of sp³-hybridized carbons (Fsp3) is 0.429. The first kappa shape index (κ1) is 13.8. The molecule has 102 valence electrons. The normalized spacial score (nSPS) is 15.4. The fourth-order valence-corrected chi connectivity index (χ4v) is 2.66. The molecule has 1 aromatic carbocycles. The molecule has 5 heteroatoms. The van der Waals surface area contributed by atoms with Crippen molar-refractivity contribution in [1.82, 2.24) is 4.90 Å². The molecule has 1 amide bonds. The Morgan fingerprint density at radius 1 is 1.32 bits per heavy atom. The van der Waals surface area contributed by atoms with Crippen molar-refractivity contribution in [2.75, 3.05) is 6.54 Å². The van der Waals surface area contributed by atoms with Crippen LogP contribution < -0.4 is 5.73 Å². The van der Waals surface area contributed by atoms with Crippen LogP contribution in [0.3, 0.4) is 0 Å². The number of phenols is 1. The SMILES string of the molecule is NC(=S)CN(C(=O)c1ccc(O)cc1)C1CCCC1. The number of thiocarbonyl (C=S) groups is 1. The van der Waals surface area contributed by atoms with Gasteiger partial charge in [0.25, 0.3) is 5.91 Å². The van der Waals surface area contributed by atoms with Crippen LogP contribution in [0.25, 0.3) is 0 Å². The molecule has 1 saturated carbocycles. The highest BCUT2D eigenvalue weighted by Gasteiger charge is 2.27. The molecule has 0 spiro atoms. The molecular formula is C14H18N2O2S. The van der Waals surface area contributed by atoms with Gasteiger partial charge in [-0.3, -0.25) is 4.79 Å². The molecule has 4 nitrogen and oxygen atoms in total. The number of amides is 1. The maximum Gasteiger partial charge on any atom is 0.254 e. The van der Waals surface area contributed by atoms with E-state index in [9.17, 15) is 9.90 Å². The number of benzene rings is 1. The van der Waals surface area contributed by atoms with Gasteiger partial charge in [-0.2, -0.15) is 0 Å². The summed E-state index contributed by atoms with van der Waals surface area (Å²) < 4.78 is 0. The van der Waals surface area contributed by atoms with Gasteiger partial charge >= 0.3 is 0 Å². The molecule has 0 atom stereocenters. The summed E-state index contributed by atoms with van der Waals surface area (Å²) in [6, 6.07) is 6.50. The van der Waals surface area contributed by atoms with E-state index < -0.39 is 0 Å². The van der Waals surface area contributed by atoms with Crippen molar-refractivity contribution in [3.8, 4) is 5.75 Å². The first-order valence-corrected chi connectivity index (χ1v) is 6.87. The van der Waals surface area contributed by atoms with Crippen LogP contribution in [-0.4, -0.2) is 33.5 Å². The topological polar surface area (TPSA) is 66.6 Å². The third-order valence-electron chi connectivity index (χ3n) is 3.47. The third kappa shape index (κ3) is 3.44. The van der Waals surface area contributed by atoms with E-state index in [0.29, 0.717) is 17.1 Å². The molecule has 1 aliphatic carbocycles. The van der Waals surface area contributed by atoms with Crippen LogP contribution in [0.15, 0.2) is 24.3 Å². The van der Waals surface area contributed by atoms with Crippen LogP contribution in [0.4, 0.5) is 0 Å². The van der Waals surface area contributed by atoms with Crippen molar-refractivity contribution < 1.29 is 9.90 Å². The van der Waals surface area contributed by atoms with Crippen LogP contribution in [0.2, 0.25) is 0 Å². The molecule has 2 rings (SSSR count). The van der Waals surface area contributed by atoms with E-state index in [1.807, 2.05) is 0 Å². The van der Waals surface area contributed by atoms with Gasteiger partial charge in [-0.15, -0.1) is 0 Å². The highest BCUT2D eigenvalue weighted by Crippen LogP contribution is 2.25. The van der Waals surface area contributed by atoms with Crippen molar-refractivity contribution in [2.45, 2.75) is 31.7 Å². The summed E-state index contributed by atoms with van der Waals surface area (Å²) in [5.74, 6) is 0.0815. The quantitative estimate of drug-likeness (QED) is 0.827. The second kappa shape index (κ2) is 6.02. The predicted octanol–water partition coefficient (Wildman–Crippen LogP) is 2.06. The summed E-state index contributed by atoms with van der Waals surface area (Å²) in [5.41, 5.74) is 6.15. The Hall–Kier alpha value is -1.62. The molecule has 0 unspecified atom stereocenters. The monoisotopic (exact) mass is 278 g/mol. The Labute approximate surface area is 118 Å². The van der Waals surface area contributed by atoms with Gasteiger partial charge in [-0.25, -0.2) is 0 Å². The van der Waals surface area contributed by atoms with E-state index in [-0.39, 0.29) is 17.7 Å². The van der Waals surface area contributed by atoms with Crippen LogP contribution in [0, 0.1) is 0 Å². The van der Waals surface area contributed by atoms with E-state index in [1.165, 1.54) is 12.1 Å². The average Bonchev–Trinajstić information content (AvgIpc) is 2.89. The van der Waals surface area contributed by atoms with E-state index >= 15 is 0 Å². The molecule has 1 aromatic rings. The number of hydrogen-bond donors (Lipinski definition) is 2. The maximum atomic E-state index is 12.5. The minimum Gasteiger partial charge on any atom is -0.508 e. The summed E-state index contributed by atoms with van der Waals surface area (Å²) in [7, 11) is 0. The standard InChI is InChI=1S/C14H18N2O2S/c15-13(19)9-16(11-3-1-2-4-11)14(18)10-5-7-12(17)8-6-10/h5-8,11,17H,1-4,9H2,(H2,15,19). The number of carbonyl (C=O) groups is 1. The zero-order valence-electron chi connectivity index (χ0n) is 10.7. The molecule has 0 aromatic heterocycles.